The fourth-order valence-electron chi connectivity index (χ4n) is 2.63. The maximum absolute atomic E-state index is 12.5. The van der Waals surface area contributed by atoms with Crippen LogP contribution in [0, 0.1) is 5.92 Å². The van der Waals surface area contributed by atoms with Crippen LogP contribution in [-0.4, -0.2) is 52.2 Å². The molecule has 1 aromatic heterocycles. The maximum atomic E-state index is 12.5. The van der Waals surface area contributed by atoms with E-state index in [0.717, 1.165) is 0 Å². The van der Waals surface area contributed by atoms with Gasteiger partial charge in [0.15, 0.2) is 0 Å². The van der Waals surface area contributed by atoms with Crippen LogP contribution in [0.25, 0.3) is 11.0 Å². The number of hydrogen-bond acceptors (Lipinski definition) is 6. The number of carbonyl (C=O) groups is 2. The molecule has 8 heteroatoms. The van der Waals surface area contributed by atoms with Gasteiger partial charge in [0.2, 0.25) is 5.82 Å². The molecule has 1 aliphatic heterocycles. The lowest BCUT2D eigenvalue weighted by Gasteiger charge is -2.30. The van der Waals surface area contributed by atoms with Gasteiger partial charge >= 0.3 is 5.97 Å². The molecule has 1 amide bonds. The summed E-state index contributed by atoms with van der Waals surface area (Å²) < 4.78 is 4.74. The lowest BCUT2D eigenvalue weighted by Crippen LogP contribution is -2.41. The van der Waals surface area contributed by atoms with Crippen molar-refractivity contribution < 1.29 is 14.3 Å². The molecule has 2 aromatic rings. The summed E-state index contributed by atoms with van der Waals surface area (Å²) in [7, 11) is 1.37. The van der Waals surface area contributed by atoms with Crippen LogP contribution in [0.1, 0.15) is 23.5 Å². The lowest BCUT2D eigenvalue weighted by atomic mass is 9.97. The Bertz CT molecular complexity index is 759. The Morgan fingerprint density at radius 3 is 2.65 bits per heavy atom. The fraction of sp³-hybridized carbons (Fsp3) is 0.400. The first-order chi connectivity index (χ1) is 11.1. The second-order valence-corrected chi connectivity index (χ2v) is 5.79. The Balaban J connectivity index is 1.75. The number of benzene rings is 1. The number of likely N-dealkylation sites (tertiary alicyclic amines) is 1. The summed E-state index contributed by atoms with van der Waals surface area (Å²) in [5, 5.41) is 8.42. The van der Waals surface area contributed by atoms with E-state index in [2.05, 4.69) is 15.2 Å². The molecule has 0 atom stereocenters. The first-order valence-electron chi connectivity index (χ1n) is 7.25. The molecule has 0 saturated carbocycles. The van der Waals surface area contributed by atoms with Crippen molar-refractivity contribution >= 4 is 34.5 Å². The van der Waals surface area contributed by atoms with E-state index in [9.17, 15) is 9.59 Å². The van der Waals surface area contributed by atoms with Crippen molar-refractivity contribution in [2.75, 3.05) is 20.2 Å². The highest BCUT2D eigenvalue weighted by Crippen LogP contribution is 2.20. The number of methoxy groups -OCH3 is 1. The number of hydrogen-bond donors (Lipinski definition) is 0. The number of ether oxygens (including phenoxy) is 1. The summed E-state index contributed by atoms with van der Waals surface area (Å²) in [4.78, 5) is 29.9. The molecule has 3 rings (SSSR count). The van der Waals surface area contributed by atoms with E-state index in [4.69, 9.17) is 16.3 Å². The van der Waals surface area contributed by atoms with Crippen LogP contribution in [-0.2, 0) is 9.53 Å². The number of nitrogens with zero attached hydrogens (tertiary/aromatic N) is 4. The number of amides is 1. The predicted molar refractivity (Wildman–Crippen MR) is 83.0 cm³/mol. The van der Waals surface area contributed by atoms with Gasteiger partial charge in [-0.25, -0.2) is 4.98 Å². The number of rotatable bonds is 2. The number of piperidine rings is 1. The van der Waals surface area contributed by atoms with Crippen LogP contribution < -0.4 is 0 Å². The van der Waals surface area contributed by atoms with Gasteiger partial charge in [-0.3, -0.25) is 9.59 Å². The minimum Gasteiger partial charge on any atom is -0.469 e. The van der Waals surface area contributed by atoms with Crippen LogP contribution >= 0.6 is 11.6 Å². The average molecular weight is 335 g/mol. The SMILES string of the molecule is COC(=O)C1CCN(C(=O)c2nnc3ccc(Cl)cc3n2)CC1. The van der Waals surface area contributed by atoms with Crippen molar-refractivity contribution in [2.45, 2.75) is 12.8 Å². The standard InChI is InChI=1S/C15H15ClN4O3/c1-23-15(22)9-4-6-20(7-5-9)14(21)13-17-12-8-10(16)2-3-11(12)18-19-13/h2-3,8-9H,4-7H2,1H3. The molecule has 0 spiro atoms. The van der Waals surface area contributed by atoms with Gasteiger partial charge in [-0.05, 0) is 31.0 Å². The highest BCUT2D eigenvalue weighted by Gasteiger charge is 2.29. The smallest absolute Gasteiger partial charge is 0.308 e. The number of carbonyl (C=O) groups excluding carboxylic acids is 2. The van der Waals surface area contributed by atoms with Crippen LogP contribution in [0.15, 0.2) is 18.2 Å². The zero-order valence-corrected chi connectivity index (χ0v) is 13.3. The number of esters is 1. The van der Waals surface area contributed by atoms with Crippen molar-refractivity contribution in [3.05, 3.63) is 29.0 Å². The van der Waals surface area contributed by atoms with Crippen LogP contribution in [0.4, 0.5) is 0 Å². The third kappa shape index (κ3) is 3.24. The topological polar surface area (TPSA) is 85.3 Å². The van der Waals surface area contributed by atoms with Crippen molar-refractivity contribution in [3.8, 4) is 0 Å². The average Bonchev–Trinajstić information content (AvgIpc) is 2.59. The van der Waals surface area contributed by atoms with E-state index in [1.165, 1.54) is 7.11 Å². The quantitative estimate of drug-likeness (QED) is 0.777. The lowest BCUT2D eigenvalue weighted by molar-refractivity contribution is -0.146. The van der Waals surface area contributed by atoms with Crippen molar-refractivity contribution in [1.82, 2.24) is 20.1 Å². The largest absolute Gasteiger partial charge is 0.469 e. The molecule has 0 N–H and O–H groups in total. The summed E-state index contributed by atoms with van der Waals surface area (Å²) in [6.07, 6.45) is 1.15. The van der Waals surface area contributed by atoms with Crippen molar-refractivity contribution in [1.29, 1.82) is 0 Å². The number of fused-ring (bicyclic) bond motifs is 1. The van der Waals surface area contributed by atoms with Gasteiger partial charge in [-0.15, -0.1) is 10.2 Å². The Hall–Kier alpha value is -2.28. The molecule has 2 heterocycles. The summed E-state index contributed by atoms with van der Waals surface area (Å²) >= 11 is 5.93. The van der Waals surface area contributed by atoms with Gasteiger partial charge in [0.05, 0.1) is 18.5 Å². The highest BCUT2D eigenvalue weighted by atomic mass is 35.5. The van der Waals surface area contributed by atoms with Gasteiger partial charge in [0.1, 0.15) is 5.52 Å². The van der Waals surface area contributed by atoms with Crippen molar-refractivity contribution in [2.24, 2.45) is 5.92 Å². The number of halogens is 1. The fourth-order valence-corrected chi connectivity index (χ4v) is 2.79. The van der Waals surface area contributed by atoms with Gasteiger partial charge in [0.25, 0.3) is 5.91 Å². The molecule has 0 bridgehead atoms. The maximum Gasteiger partial charge on any atom is 0.308 e. The van der Waals surface area contributed by atoms with E-state index >= 15 is 0 Å². The van der Waals surface area contributed by atoms with Crippen LogP contribution in [0.3, 0.4) is 0 Å². The van der Waals surface area contributed by atoms with Gasteiger partial charge in [0, 0.05) is 18.1 Å². The summed E-state index contributed by atoms with van der Waals surface area (Å²) in [5.74, 6) is -0.632. The highest BCUT2D eigenvalue weighted by molar-refractivity contribution is 6.31. The molecule has 120 valence electrons. The molecule has 0 unspecified atom stereocenters. The van der Waals surface area contributed by atoms with Gasteiger partial charge in [-0.1, -0.05) is 11.6 Å². The molecule has 23 heavy (non-hydrogen) atoms. The van der Waals surface area contributed by atoms with E-state index in [1.54, 1.807) is 23.1 Å². The van der Waals surface area contributed by atoms with E-state index in [-0.39, 0.29) is 23.6 Å². The molecular formula is C15H15ClN4O3. The summed E-state index contributed by atoms with van der Waals surface area (Å²) in [6.45, 7) is 0.936. The third-order valence-corrected chi connectivity index (χ3v) is 4.16. The van der Waals surface area contributed by atoms with Gasteiger partial charge in [-0.2, -0.15) is 0 Å². The second-order valence-electron chi connectivity index (χ2n) is 5.36. The van der Waals surface area contributed by atoms with E-state index in [1.807, 2.05) is 0 Å². The molecule has 0 radical (unpaired) electrons. The summed E-state index contributed by atoms with van der Waals surface area (Å²) in [6, 6.07) is 5.04. The third-order valence-electron chi connectivity index (χ3n) is 3.92. The van der Waals surface area contributed by atoms with Gasteiger partial charge < -0.3 is 9.64 Å². The molecule has 1 aromatic carbocycles. The molecular weight excluding hydrogens is 320 g/mol. The molecule has 1 fully saturated rings. The van der Waals surface area contributed by atoms with E-state index in [0.29, 0.717) is 42.0 Å². The Kier molecular flexibility index (Phi) is 4.38. The minimum atomic E-state index is -0.289. The minimum absolute atomic E-state index is 0.0382. The predicted octanol–water partition coefficient (Wildman–Crippen LogP) is 1.70. The zero-order valence-electron chi connectivity index (χ0n) is 12.5. The molecule has 1 aliphatic rings. The molecule has 7 nitrogen and oxygen atoms in total. The Morgan fingerprint density at radius 1 is 1.22 bits per heavy atom. The normalized spacial score (nSPS) is 15.7. The van der Waals surface area contributed by atoms with Crippen molar-refractivity contribution in [3.63, 3.8) is 0 Å². The first kappa shape index (κ1) is 15.6. The second kappa shape index (κ2) is 6.45. The molecule has 1 saturated heterocycles. The molecule has 0 aliphatic carbocycles. The number of aromatic nitrogens is 3. The Labute approximate surface area is 137 Å². The van der Waals surface area contributed by atoms with E-state index < -0.39 is 0 Å². The first-order valence-corrected chi connectivity index (χ1v) is 7.63. The van der Waals surface area contributed by atoms with Crippen LogP contribution in [0.2, 0.25) is 5.02 Å². The van der Waals surface area contributed by atoms with Crippen LogP contribution in [0.5, 0.6) is 0 Å². The monoisotopic (exact) mass is 334 g/mol. The summed E-state index contributed by atoms with van der Waals surface area (Å²) in [5.41, 5.74) is 1.11. The zero-order chi connectivity index (χ0) is 16.4. The Morgan fingerprint density at radius 2 is 1.96 bits per heavy atom.